The highest BCUT2D eigenvalue weighted by molar-refractivity contribution is 8.16. The van der Waals surface area contributed by atoms with Crippen molar-refractivity contribution >= 4 is 29.2 Å². The van der Waals surface area contributed by atoms with E-state index in [0.29, 0.717) is 10.7 Å². The summed E-state index contributed by atoms with van der Waals surface area (Å²) in [7, 11) is 0. The maximum absolute atomic E-state index is 10.8. The fraction of sp³-hybridized carbons (Fsp3) is 0.500. The molecule has 0 aromatic heterocycles. The van der Waals surface area contributed by atoms with Gasteiger partial charge in [0.05, 0.1) is 4.92 Å². The Morgan fingerprint density at radius 2 is 2.33 bits per heavy atom. The average molecular weight is 282 g/mol. The number of thioether (sulfide) groups is 2. The van der Waals surface area contributed by atoms with Gasteiger partial charge in [0, 0.05) is 30.5 Å². The summed E-state index contributed by atoms with van der Waals surface area (Å²) in [5, 5.41) is 10.8. The molecule has 2 heterocycles. The van der Waals surface area contributed by atoms with Gasteiger partial charge in [0.1, 0.15) is 4.71 Å². The van der Waals surface area contributed by atoms with E-state index in [-0.39, 0.29) is 10.6 Å². The van der Waals surface area contributed by atoms with E-state index in [1.165, 1.54) is 11.3 Å². The summed E-state index contributed by atoms with van der Waals surface area (Å²) in [5.74, 6) is 1.17. The van der Waals surface area contributed by atoms with E-state index in [1.54, 1.807) is 12.1 Å². The first-order chi connectivity index (χ1) is 8.69. The number of fused-ring (bicyclic) bond motifs is 2. The van der Waals surface area contributed by atoms with Gasteiger partial charge in [-0.05, 0) is 23.8 Å². The molecule has 0 N–H and O–H groups in total. The van der Waals surface area contributed by atoms with Gasteiger partial charge in [-0.15, -0.1) is 23.5 Å². The van der Waals surface area contributed by atoms with Crippen molar-refractivity contribution in [3.8, 4) is 0 Å². The summed E-state index contributed by atoms with van der Waals surface area (Å²) in [6, 6.07) is 5.90. The van der Waals surface area contributed by atoms with Crippen LogP contribution in [0, 0.1) is 10.1 Å². The van der Waals surface area contributed by atoms with Gasteiger partial charge in [-0.2, -0.15) is 0 Å². The van der Waals surface area contributed by atoms with Crippen LogP contribution in [0.4, 0.5) is 5.69 Å². The molecule has 1 fully saturated rings. The normalized spacial score (nSPS) is 26.7. The second-order valence-corrected chi connectivity index (χ2v) is 6.95. The second-order valence-electron chi connectivity index (χ2n) is 4.62. The predicted molar refractivity (Wildman–Crippen MR) is 75.9 cm³/mol. The molecular formula is C12H14N2O2S2. The molecule has 2 atom stereocenters. The van der Waals surface area contributed by atoms with Crippen molar-refractivity contribution in [1.29, 1.82) is 0 Å². The molecule has 96 valence electrons. The Balaban J connectivity index is 1.91. The molecule has 0 aliphatic carbocycles. The molecule has 4 nitrogen and oxygen atoms in total. The Bertz CT molecular complexity index is 495. The molecule has 0 spiro atoms. The van der Waals surface area contributed by atoms with E-state index < -0.39 is 0 Å². The van der Waals surface area contributed by atoms with Gasteiger partial charge in [-0.1, -0.05) is 6.07 Å². The van der Waals surface area contributed by atoms with Gasteiger partial charge in [0.15, 0.2) is 0 Å². The van der Waals surface area contributed by atoms with Crippen LogP contribution >= 0.6 is 23.5 Å². The Hall–Kier alpha value is -0.720. The van der Waals surface area contributed by atoms with Crippen LogP contribution in [-0.2, 0) is 13.0 Å². The molecule has 1 aromatic carbocycles. The second kappa shape index (κ2) is 4.75. The van der Waals surface area contributed by atoms with Crippen LogP contribution < -0.4 is 0 Å². The van der Waals surface area contributed by atoms with E-state index in [0.717, 1.165) is 18.5 Å². The van der Waals surface area contributed by atoms with Crippen molar-refractivity contribution in [1.82, 2.24) is 4.90 Å². The molecule has 1 unspecified atom stereocenters. The van der Waals surface area contributed by atoms with Crippen molar-refractivity contribution in [2.24, 2.45) is 0 Å². The average Bonchev–Trinajstić information content (AvgIpc) is 2.77. The SMILES string of the molecule is CSC1SC[C@@H]2Cc3ccc([N+](=O)[O-])cc3CN12. The van der Waals surface area contributed by atoms with Crippen molar-refractivity contribution in [2.45, 2.75) is 23.7 Å². The van der Waals surface area contributed by atoms with Crippen LogP contribution in [0.15, 0.2) is 18.2 Å². The lowest BCUT2D eigenvalue weighted by atomic mass is 9.95. The first-order valence-corrected chi connectivity index (χ1v) is 8.19. The minimum atomic E-state index is -0.308. The van der Waals surface area contributed by atoms with Crippen LogP contribution in [0.1, 0.15) is 11.1 Å². The van der Waals surface area contributed by atoms with E-state index in [2.05, 4.69) is 11.2 Å². The number of nitro groups is 1. The summed E-state index contributed by atoms with van der Waals surface area (Å²) in [6.07, 6.45) is 3.15. The maximum Gasteiger partial charge on any atom is 0.269 e. The zero-order valence-electron chi connectivity index (χ0n) is 10.0. The smallest absolute Gasteiger partial charge is 0.269 e. The molecule has 18 heavy (non-hydrogen) atoms. The van der Waals surface area contributed by atoms with E-state index in [1.807, 2.05) is 29.6 Å². The monoisotopic (exact) mass is 282 g/mol. The number of nitrogens with zero attached hydrogens (tertiary/aromatic N) is 2. The van der Waals surface area contributed by atoms with E-state index in [9.17, 15) is 10.1 Å². The first-order valence-electron chi connectivity index (χ1n) is 5.85. The Labute approximate surface area is 114 Å². The fourth-order valence-corrected chi connectivity index (χ4v) is 5.09. The van der Waals surface area contributed by atoms with E-state index in [4.69, 9.17) is 0 Å². The molecule has 1 saturated heterocycles. The van der Waals surface area contributed by atoms with Crippen molar-refractivity contribution < 1.29 is 4.92 Å². The van der Waals surface area contributed by atoms with Crippen LogP contribution in [0.5, 0.6) is 0 Å². The predicted octanol–water partition coefficient (Wildman–Crippen LogP) is 2.71. The van der Waals surface area contributed by atoms with Crippen molar-refractivity contribution in [3.63, 3.8) is 0 Å². The van der Waals surface area contributed by atoms with Gasteiger partial charge in [0.25, 0.3) is 5.69 Å². The Morgan fingerprint density at radius 3 is 3.06 bits per heavy atom. The molecule has 0 saturated carbocycles. The summed E-state index contributed by atoms with van der Waals surface area (Å²) < 4.78 is 0.502. The molecule has 1 aromatic rings. The number of hydrogen-bond acceptors (Lipinski definition) is 5. The fourth-order valence-electron chi connectivity index (χ4n) is 2.66. The minimum absolute atomic E-state index is 0.208. The molecular weight excluding hydrogens is 268 g/mol. The number of benzene rings is 1. The zero-order valence-corrected chi connectivity index (χ0v) is 11.7. The van der Waals surface area contributed by atoms with Crippen molar-refractivity contribution in [3.05, 3.63) is 39.4 Å². The molecule has 6 heteroatoms. The van der Waals surface area contributed by atoms with Gasteiger partial charge >= 0.3 is 0 Å². The number of hydrogen-bond donors (Lipinski definition) is 0. The third-order valence-electron chi connectivity index (χ3n) is 3.58. The summed E-state index contributed by atoms with van der Waals surface area (Å²) >= 11 is 3.84. The molecule has 0 amide bonds. The molecule has 2 aliphatic heterocycles. The Morgan fingerprint density at radius 1 is 1.50 bits per heavy atom. The first kappa shape index (κ1) is 12.3. The minimum Gasteiger partial charge on any atom is -0.275 e. The summed E-state index contributed by atoms with van der Waals surface area (Å²) in [5.41, 5.74) is 2.62. The summed E-state index contributed by atoms with van der Waals surface area (Å²) in [4.78, 5) is 13.0. The lowest BCUT2D eigenvalue weighted by molar-refractivity contribution is -0.385. The largest absolute Gasteiger partial charge is 0.275 e. The lowest BCUT2D eigenvalue weighted by Gasteiger charge is -2.33. The molecule has 2 aliphatic rings. The third kappa shape index (κ3) is 2.02. The van der Waals surface area contributed by atoms with Crippen LogP contribution in [0.2, 0.25) is 0 Å². The number of non-ortho nitro benzene ring substituents is 1. The van der Waals surface area contributed by atoms with Crippen LogP contribution in [-0.4, -0.2) is 32.6 Å². The lowest BCUT2D eigenvalue weighted by Crippen LogP contribution is -2.39. The van der Waals surface area contributed by atoms with Gasteiger partial charge in [0.2, 0.25) is 0 Å². The van der Waals surface area contributed by atoms with Gasteiger partial charge < -0.3 is 0 Å². The number of nitro benzene ring substituents is 1. The Kier molecular flexibility index (Phi) is 3.25. The zero-order chi connectivity index (χ0) is 12.7. The molecule has 3 rings (SSSR count). The van der Waals surface area contributed by atoms with Gasteiger partial charge in [-0.3, -0.25) is 15.0 Å². The molecule has 0 radical (unpaired) electrons. The highest BCUT2D eigenvalue weighted by Gasteiger charge is 2.37. The molecule has 0 bridgehead atoms. The summed E-state index contributed by atoms with van der Waals surface area (Å²) in [6.45, 7) is 0.847. The number of rotatable bonds is 2. The topological polar surface area (TPSA) is 46.4 Å². The third-order valence-corrected chi connectivity index (χ3v) is 6.37. The quantitative estimate of drug-likeness (QED) is 0.616. The van der Waals surface area contributed by atoms with Crippen molar-refractivity contribution in [2.75, 3.05) is 12.0 Å². The highest BCUT2D eigenvalue weighted by atomic mass is 32.2. The van der Waals surface area contributed by atoms with Crippen LogP contribution in [0.25, 0.3) is 0 Å². The standard InChI is InChI=1S/C12H14N2O2S2/c1-17-12-13-6-9-5-10(14(15)16)3-2-8(9)4-11(13)7-18-12/h2-3,5,11-12H,4,6-7H2,1H3/t11-,12?/m0/s1. The van der Waals surface area contributed by atoms with E-state index >= 15 is 0 Å². The maximum atomic E-state index is 10.8. The highest BCUT2D eigenvalue weighted by Crippen LogP contribution is 2.41. The van der Waals surface area contributed by atoms with Crippen LogP contribution in [0.3, 0.4) is 0 Å². The van der Waals surface area contributed by atoms with Gasteiger partial charge in [-0.25, -0.2) is 0 Å².